The van der Waals surface area contributed by atoms with Crippen molar-refractivity contribution in [3.05, 3.63) is 29.8 Å². The molecule has 2 saturated heterocycles. The zero-order valence-corrected chi connectivity index (χ0v) is 14.2. The summed E-state index contributed by atoms with van der Waals surface area (Å²) in [4.78, 5) is 19.2. The van der Waals surface area contributed by atoms with Crippen molar-refractivity contribution in [3.63, 3.8) is 0 Å². The maximum Gasteiger partial charge on any atom is 0.237 e. The molecule has 0 bridgehead atoms. The average Bonchev–Trinajstić information content (AvgIpc) is 2.95. The van der Waals surface area contributed by atoms with Crippen molar-refractivity contribution in [3.8, 4) is 5.75 Å². The fourth-order valence-electron chi connectivity index (χ4n) is 3.58. The van der Waals surface area contributed by atoms with Crippen LogP contribution in [0.2, 0.25) is 0 Å². The van der Waals surface area contributed by atoms with Gasteiger partial charge in [-0.3, -0.25) is 9.69 Å². The molecule has 2 aliphatic rings. The van der Waals surface area contributed by atoms with Crippen molar-refractivity contribution >= 4 is 5.91 Å². The van der Waals surface area contributed by atoms with Crippen LogP contribution >= 0.6 is 0 Å². The molecule has 0 radical (unpaired) electrons. The number of hydrogen-bond acceptors (Lipinski definition) is 4. The predicted octanol–water partition coefficient (Wildman–Crippen LogP) is 1.43. The van der Waals surface area contributed by atoms with E-state index in [1.807, 2.05) is 23.1 Å². The van der Waals surface area contributed by atoms with E-state index in [-0.39, 0.29) is 5.91 Å². The van der Waals surface area contributed by atoms with Gasteiger partial charge in [0.1, 0.15) is 5.75 Å². The van der Waals surface area contributed by atoms with E-state index in [1.165, 1.54) is 19.4 Å². The monoisotopic (exact) mass is 317 g/mol. The minimum atomic E-state index is 0.236. The van der Waals surface area contributed by atoms with Gasteiger partial charge < -0.3 is 14.5 Å². The molecule has 0 spiro atoms. The molecule has 1 atom stereocenters. The van der Waals surface area contributed by atoms with Crippen LogP contribution in [0.3, 0.4) is 0 Å². The Bertz CT molecular complexity index is 549. The molecule has 2 heterocycles. The number of amides is 1. The summed E-state index contributed by atoms with van der Waals surface area (Å²) in [6, 6.07) is 8.59. The van der Waals surface area contributed by atoms with Crippen LogP contribution in [0.1, 0.15) is 18.4 Å². The van der Waals surface area contributed by atoms with E-state index in [1.54, 1.807) is 7.11 Å². The minimum Gasteiger partial charge on any atom is -0.497 e. The third-order valence-corrected chi connectivity index (χ3v) is 5.05. The van der Waals surface area contributed by atoms with Crippen LogP contribution in [0.4, 0.5) is 0 Å². The van der Waals surface area contributed by atoms with Gasteiger partial charge in [0.05, 0.1) is 13.7 Å². The summed E-state index contributed by atoms with van der Waals surface area (Å²) in [5.74, 6) is 1.08. The largest absolute Gasteiger partial charge is 0.497 e. The lowest BCUT2D eigenvalue weighted by Gasteiger charge is -2.36. The number of carbonyl (C=O) groups is 1. The lowest BCUT2D eigenvalue weighted by Crippen LogP contribution is -2.52. The highest BCUT2D eigenvalue weighted by molar-refractivity contribution is 5.79. The summed E-state index contributed by atoms with van der Waals surface area (Å²) >= 11 is 0. The number of methoxy groups -OCH3 is 1. The van der Waals surface area contributed by atoms with E-state index in [0.717, 1.165) is 30.9 Å². The summed E-state index contributed by atoms with van der Waals surface area (Å²) in [7, 11) is 3.86. The van der Waals surface area contributed by atoms with Crippen LogP contribution in [0.15, 0.2) is 24.3 Å². The van der Waals surface area contributed by atoms with Crippen molar-refractivity contribution in [2.24, 2.45) is 0 Å². The summed E-state index contributed by atoms with van der Waals surface area (Å²) in [5.41, 5.74) is 1.13. The zero-order chi connectivity index (χ0) is 16.2. The first-order valence-electron chi connectivity index (χ1n) is 8.49. The van der Waals surface area contributed by atoms with Gasteiger partial charge in [0.25, 0.3) is 0 Å². The normalized spacial score (nSPS) is 23.5. The van der Waals surface area contributed by atoms with Gasteiger partial charge in [0.15, 0.2) is 0 Å². The van der Waals surface area contributed by atoms with Crippen LogP contribution in [0, 0.1) is 0 Å². The van der Waals surface area contributed by atoms with Gasteiger partial charge in [-0.1, -0.05) is 12.1 Å². The van der Waals surface area contributed by atoms with Gasteiger partial charge in [0, 0.05) is 32.2 Å². The predicted molar refractivity (Wildman–Crippen MR) is 90.5 cm³/mol. The lowest BCUT2D eigenvalue weighted by molar-refractivity contribution is -0.136. The first-order valence-corrected chi connectivity index (χ1v) is 8.49. The van der Waals surface area contributed by atoms with Gasteiger partial charge in [-0.15, -0.1) is 0 Å². The first-order chi connectivity index (χ1) is 11.2. The van der Waals surface area contributed by atoms with Crippen molar-refractivity contribution in [1.82, 2.24) is 14.7 Å². The SMILES string of the molecule is COc1cccc(CN2CCN(CC3CCCN3C)CC2=O)c1. The van der Waals surface area contributed by atoms with Crippen molar-refractivity contribution in [2.75, 3.05) is 46.9 Å². The molecule has 23 heavy (non-hydrogen) atoms. The number of hydrogen-bond donors (Lipinski definition) is 0. The highest BCUT2D eigenvalue weighted by Gasteiger charge is 2.28. The molecule has 0 saturated carbocycles. The van der Waals surface area contributed by atoms with E-state index in [0.29, 0.717) is 19.1 Å². The second-order valence-electron chi connectivity index (χ2n) is 6.68. The van der Waals surface area contributed by atoms with E-state index in [4.69, 9.17) is 4.74 Å². The van der Waals surface area contributed by atoms with Crippen molar-refractivity contribution < 1.29 is 9.53 Å². The fourth-order valence-corrected chi connectivity index (χ4v) is 3.58. The molecular weight excluding hydrogens is 290 g/mol. The number of rotatable bonds is 5. The molecule has 1 aromatic carbocycles. The highest BCUT2D eigenvalue weighted by atomic mass is 16.5. The number of piperazine rings is 1. The average molecular weight is 317 g/mol. The molecule has 2 aliphatic heterocycles. The molecular formula is C18H27N3O2. The Labute approximate surface area is 138 Å². The van der Waals surface area contributed by atoms with E-state index in [2.05, 4.69) is 22.9 Å². The van der Waals surface area contributed by atoms with Gasteiger partial charge in [-0.05, 0) is 44.1 Å². The minimum absolute atomic E-state index is 0.236. The second-order valence-corrected chi connectivity index (χ2v) is 6.68. The summed E-state index contributed by atoms with van der Waals surface area (Å²) in [6.07, 6.45) is 2.54. The third kappa shape index (κ3) is 4.03. The Balaban J connectivity index is 1.53. The molecule has 1 unspecified atom stereocenters. The molecule has 5 heteroatoms. The maximum atomic E-state index is 12.5. The summed E-state index contributed by atoms with van der Waals surface area (Å²) in [5, 5.41) is 0. The Kier molecular flexibility index (Phi) is 5.18. The molecule has 126 valence electrons. The number of carbonyl (C=O) groups excluding carboxylic acids is 1. The fraction of sp³-hybridized carbons (Fsp3) is 0.611. The Morgan fingerprint density at radius 3 is 2.83 bits per heavy atom. The first kappa shape index (κ1) is 16.3. The molecule has 3 rings (SSSR count). The molecule has 0 aromatic heterocycles. The summed E-state index contributed by atoms with van der Waals surface area (Å²) < 4.78 is 5.26. The van der Waals surface area contributed by atoms with E-state index < -0.39 is 0 Å². The van der Waals surface area contributed by atoms with Crippen LogP contribution < -0.4 is 4.74 Å². The Morgan fingerprint density at radius 1 is 1.26 bits per heavy atom. The molecule has 1 amide bonds. The zero-order valence-electron chi connectivity index (χ0n) is 14.2. The van der Waals surface area contributed by atoms with Crippen LogP contribution in [0.5, 0.6) is 5.75 Å². The highest BCUT2D eigenvalue weighted by Crippen LogP contribution is 2.18. The van der Waals surface area contributed by atoms with Crippen LogP contribution in [0.25, 0.3) is 0 Å². The maximum absolute atomic E-state index is 12.5. The second kappa shape index (κ2) is 7.32. The topological polar surface area (TPSA) is 36.0 Å². The number of ether oxygens (including phenoxy) is 1. The van der Waals surface area contributed by atoms with Crippen molar-refractivity contribution in [1.29, 1.82) is 0 Å². The number of likely N-dealkylation sites (tertiary alicyclic amines) is 1. The Morgan fingerprint density at radius 2 is 2.13 bits per heavy atom. The van der Waals surface area contributed by atoms with Crippen molar-refractivity contribution in [2.45, 2.75) is 25.4 Å². The summed E-state index contributed by atoms with van der Waals surface area (Å²) in [6.45, 7) is 5.22. The van der Waals surface area contributed by atoms with Gasteiger partial charge in [-0.25, -0.2) is 0 Å². The number of nitrogens with zero attached hydrogens (tertiary/aromatic N) is 3. The smallest absolute Gasteiger partial charge is 0.237 e. The number of benzene rings is 1. The molecule has 2 fully saturated rings. The Hall–Kier alpha value is -1.59. The van der Waals surface area contributed by atoms with Crippen LogP contribution in [-0.2, 0) is 11.3 Å². The number of likely N-dealkylation sites (N-methyl/N-ethyl adjacent to an activating group) is 1. The standard InChI is InChI=1S/C18H27N3O2/c1-19-8-4-6-16(19)13-20-9-10-21(18(22)14-20)12-15-5-3-7-17(11-15)23-2/h3,5,7,11,16H,4,6,8-10,12-14H2,1-2H3. The molecule has 0 N–H and O–H groups in total. The van der Waals surface area contributed by atoms with E-state index >= 15 is 0 Å². The van der Waals surface area contributed by atoms with Gasteiger partial charge in [-0.2, -0.15) is 0 Å². The third-order valence-electron chi connectivity index (χ3n) is 5.05. The van der Waals surface area contributed by atoms with Gasteiger partial charge in [0.2, 0.25) is 5.91 Å². The molecule has 5 nitrogen and oxygen atoms in total. The molecule has 0 aliphatic carbocycles. The van der Waals surface area contributed by atoms with E-state index in [9.17, 15) is 4.79 Å². The van der Waals surface area contributed by atoms with Crippen LogP contribution in [-0.4, -0.2) is 73.5 Å². The lowest BCUT2D eigenvalue weighted by atomic mass is 10.1. The quantitative estimate of drug-likeness (QED) is 0.823. The molecule has 1 aromatic rings. The van der Waals surface area contributed by atoms with Gasteiger partial charge >= 0.3 is 0 Å².